The second-order valence-corrected chi connectivity index (χ2v) is 8.35. The Balaban J connectivity index is 2.26. The summed E-state index contributed by atoms with van der Waals surface area (Å²) in [4.78, 5) is 0.383. The fraction of sp³-hybridized carbons (Fsp3) is 0.625. The Kier molecular flexibility index (Phi) is 4.94. The summed E-state index contributed by atoms with van der Waals surface area (Å²) in [7, 11) is -1.75. The molecule has 0 fully saturated rings. The average Bonchev–Trinajstić information content (AvgIpc) is 2.45. The normalized spacial score (nSPS) is 16.7. The van der Waals surface area contributed by atoms with Crippen molar-refractivity contribution in [2.45, 2.75) is 51.0 Å². The Bertz CT molecular complexity index is 596. The van der Waals surface area contributed by atoms with E-state index in [1.165, 1.54) is 9.87 Å². The number of anilines is 1. The van der Waals surface area contributed by atoms with E-state index in [1.807, 2.05) is 13.0 Å². The van der Waals surface area contributed by atoms with E-state index in [-0.39, 0.29) is 6.04 Å². The van der Waals surface area contributed by atoms with Gasteiger partial charge in [0.15, 0.2) is 0 Å². The molecule has 4 nitrogen and oxygen atoms in total. The van der Waals surface area contributed by atoms with Crippen molar-refractivity contribution in [2.24, 2.45) is 5.92 Å². The highest BCUT2D eigenvalue weighted by molar-refractivity contribution is 7.89. The van der Waals surface area contributed by atoms with Crippen LogP contribution in [0.5, 0.6) is 0 Å². The van der Waals surface area contributed by atoms with Crippen molar-refractivity contribution in [1.82, 2.24) is 4.31 Å². The molecule has 1 aromatic carbocycles. The third-order valence-electron chi connectivity index (χ3n) is 4.13. The van der Waals surface area contributed by atoms with E-state index in [0.29, 0.717) is 10.8 Å². The number of fused-ring (bicyclic) bond motifs is 1. The summed E-state index contributed by atoms with van der Waals surface area (Å²) in [6.45, 7) is 7.10. The summed E-state index contributed by atoms with van der Waals surface area (Å²) in [5, 5.41) is 3.29. The van der Waals surface area contributed by atoms with Crippen LogP contribution >= 0.6 is 0 Å². The Morgan fingerprint density at radius 3 is 2.67 bits per heavy atom. The average molecular weight is 310 g/mol. The minimum Gasteiger partial charge on any atom is -0.385 e. The molecule has 0 aliphatic carbocycles. The highest BCUT2D eigenvalue weighted by Gasteiger charge is 2.26. The molecule has 1 heterocycles. The van der Waals surface area contributed by atoms with E-state index < -0.39 is 10.0 Å². The fourth-order valence-electron chi connectivity index (χ4n) is 2.83. The van der Waals surface area contributed by atoms with Crippen LogP contribution in [-0.2, 0) is 16.4 Å². The van der Waals surface area contributed by atoms with Crippen LogP contribution in [0.4, 0.5) is 5.69 Å². The van der Waals surface area contributed by atoms with E-state index in [2.05, 4.69) is 19.2 Å². The van der Waals surface area contributed by atoms with Crippen LogP contribution in [0.2, 0.25) is 0 Å². The lowest BCUT2D eigenvalue weighted by Gasteiger charge is -2.26. The Labute approximate surface area is 128 Å². The minimum absolute atomic E-state index is 0.000934. The molecule has 1 unspecified atom stereocenters. The van der Waals surface area contributed by atoms with Gasteiger partial charge in [-0.25, -0.2) is 8.42 Å². The molecule has 21 heavy (non-hydrogen) atoms. The molecule has 5 heteroatoms. The number of nitrogens with one attached hydrogen (secondary N) is 1. The number of sulfonamides is 1. The van der Waals surface area contributed by atoms with Gasteiger partial charge < -0.3 is 5.32 Å². The largest absolute Gasteiger partial charge is 0.385 e. The highest BCUT2D eigenvalue weighted by Crippen LogP contribution is 2.27. The predicted molar refractivity (Wildman–Crippen MR) is 87.1 cm³/mol. The van der Waals surface area contributed by atoms with Gasteiger partial charge in [0.25, 0.3) is 0 Å². The molecular formula is C16H26N2O2S. The zero-order valence-electron chi connectivity index (χ0n) is 13.4. The first kappa shape index (κ1) is 16.3. The van der Waals surface area contributed by atoms with Crippen molar-refractivity contribution < 1.29 is 8.42 Å². The van der Waals surface area contributed by atoms with Crippen molar-refractivity contribution in [2.75, 3.05) is 18.9 Å². The summed E-state index contributed by atoms with van der Waals surface area (Å²) in [5.41, 5.74) is 2.17. The van der Waals surface area contributed by atoms with Crippen molar-refractivity contribution in [3.8, 4) is 0 Å². The van der Waals surface area contributed by atoms with E-state index in [9.17, 15) is 8.42 Å². The van der Waals surface area contributed by atoms with Crippen LogP contribution in [0.15, 0.2) is 23.1 Å². The topological polar surface area (TPSA) is 49.4 Å². The number of aryl methyl sites for hydroxylation is 1. The standard InChI is InChI=1S/C16H26N2O2S/c1-12(2)10-13(3)18(4)21(19,20)15-8-7-14-6-5-9-17-16(14)11-15/h7-8,11-13,17H,5-6,9-10H2,1-4H3. The molecule has 0 bridgehead atoms. The molecule has 0 amide bonds. The second kappa shape index (κ2) is 6.36. The summed E-state index contributed by atoms with van der Waals surface area (Å²) in [6, 6.07) is 5.45. The van der Waals surface area contributed by atoms with Crippen molar-refractivity contribution in [3.05, 3.63) is 23.8 Å². The lowest BCUT2D eigenvalue weighted by Crippen LogP contribution is -2.36. The molecule has 0 aromatic heterocycles. The maximum atomic E-state index is 12.7. The van der Waals surface area contributed by atoms with Crippen LogP contribution in [0.3, 0.4) is 0 Å². The monoisotopic (exact) mass is 310 g/mol. The van der Waals surface area contributed by atoms with E-state index in [4.69, 9.17) is 0 Å². The third-order valence-corrected chi connectivity index (χ3v) is 6.10. The van der Waals surface area contributed by atoms with E-state index in [1.54, 1.807) is 19.2 Å². The smallest absolute Gasteiger partial charge is 0.243 e. The van der Waals surface area contributed by atoms with Crippen molar-refractivity contribution in [1.29, 1.82) is 0 Å². The van der Waals surface area contributed by atoms with Gasteiger partial charge in [-0.15, -0.1) is 0 Å². The quantitative estimate of drug-likeness (QED) is 0.909. The van der Waals surface area contributed by atoms with Crippen LogP contribution in [0, 0.1) is 5.92 Å². The first-order chi connectivity index (χ1) is 9.82. The maximum absolute atomic E-state index is 12.7. The van der Waals surface area contributed by atoms with E-state index >= 15 is 0 Å². The molecule has 0 saturated carbocycles. The lowest BCUT2D eigenvalue weighted by molar-refractivity contribution is 0.338. The summed E-state index contributed by atoms with van der Waals surface area (Å²) in [6.07, 6.45) is 2.98. The molecular weight excluding hydrogens is 284 g/mol. The van der Waals surface area contributed by atoms with Crippen LogP contribution < -0.4 is 5.32 Å². The molecule has 1 aliphatic heterocycles. The first-order valence-electron chi connectivity index (χ1n) is 7.67. The van der Waals surface area contributed by atoms with Gasteiger partial charge in [0.05, 0.1) is 4.90 Å². The third kappa shape index (κ3) is 3.58. The zero-order chi connectivity index (χ0) is 15.6. The van der Waals surface area contributed by atoms with Gasteiger partial charge >= 0.3 is 0 Å². The fourth-order valence-corrected chi connectivity index (χ4v) is 4.23. The number of nitrogens with zero attached hydrogens (tertiary/aromatic N) is 1. The van der Waals surface area contributed by atoms with Crippen molar-refractivity contribution >= 4 is 15.7 Å². The molecule has 1 N–H and O–H groups in total. The zero-order valence-corrected chi connectivity index (χ0v) is 14.2. The second-order valence-electron chi connectivity index (χ2n) is 6.35. The molecule has 0 spiro atoms. The molecule has 2 rings (SSSR count). The van der Waals surface area contributed by atoms with Gasteiger partial charge in [-0.1, -0.05) is 19.9 Å². The van der Waals surface area contributed by atoms with Crippen LogP contribution in [0.25, 0.3) is 0 Å². The van der Waals surface area contributed by atoms with Crippen molar-refractivity contribution in [3.63, 3.8) is 0 Å². The SMILES string of the molecule is CC(C)CC(C)N(C)S(=O)(=O)c1ccc2c(c1)NCCC2. The molecule has 0 saturated heterocycles. The van der Waals surface area contributed by atoms with Gasteiger partial charge in [-0.05, 0) is 49.8 Å². The number of hydrogen-bond donors (Lipinski definition) is 1. The van der Waals surface area contributed by atoms with Gasteiger partial charge in [0, 0.05) is 25.3 Å². The molecule has 0 radical (unpaired) electrons. The highest BCUT2D eigenvalue weighted by atomic mass is 32.2. The van der Waals surface area contributed by atoms with Crippen LogP contribution in [0.1, 0.15) is 39.2 Å². The van der Waals surface area contributed by atoms with Gasteiger partial charge in [-0.3, -0.25) is 0 Å². The predicted octanol–water partition coefficient (Wildman–Crippen LogP) is 3.10. The minimum atomic E-state index is -3.42. The molecule has 118 valence electrons. The van der Waals surface area contributed by atoms with Gasteiger partial charge in [-0.2, -0.15) is 4.31 Å². The Morgan fingerprint density at radius 2 is 2.00 bits per heavy atom. The Morgan fingerprint density at radius 1 is 1.29 bits per heavy atom. The number of benzene rings is 1. The molecule has 1 atom stereocenters. The Hall–Kier alpha value is -1.07. The van der Waals surface area contributed by atoms with Gasteiger partial charge in [0.1, 0.15) is 0 Å². The number of hydrogen-bond acceptors (Lipinski definition) is 3. The summed E-state index contributed by atoms with van der Waals surface area (Å²) >= 11 is 0. The first-order valence-corrected chi connectivity index (χ1v) is 9.11. The lowest BCUT2D eigenvalue weighted by atomic mass is 10.0. The maximum Gasteiger partial charge on any atom is 0.243 e. The molecule has 1 aliphatic rings. The summed E-state index contributed by atoms with van der Waals surface area (Å²) < 4.78 is 27.0. The summed E-state index contributed by atoms with van der Waals surface area (Å²) in [5.74, 6) is 0.475. The number of rotatable bonds is 5. The van der Waals surface area contributed by atoms with Crippen LogP contribution in [-0.4, -0.2) is 32.4 Å². The molecule has 1 aromatic rings. The van der Waals surface area contributed by atoms with E-state index in [0.717, 1.165) is 31.5 Å². The van der Waals surface area contributed by atoms with Gasteiger partial charge in [0.2, 0.25) is 10.0 Å².